The molecule has 0 aliphatic heterocycles. The SMILES string of the molecule is CC(C)(CCBr)CNC(=O)c1ccccc1F. The van der Waals surface area contributed by atoms with E-state index < -0.39 is 5.82 Å². The highest BCUT2D eigenvalue weighted by molar-refractivity contribution is 9.09. The third kappa shape index (κ3) is 4.46. The van der Waals surface area contributed by atoms with Gasteiger partial charge in [0.2, 0.25) is 0 Å². The van der Waals surface area contributed by atoms with Crippen molar-refractivity contribution >= 4 is 21.8 Å². The zero-order valence-corrected chi connectivity index (χ0v) is 11.7. The minimum atomic E-state index is -0.483. The quantitative estimate of drug-likeness (QED) is 0.830. The van der Waals surface area contributed by atoms with E-state index in [9.17, 15) is 9.18 Å². The van der Waals surface area contributed by atoms with Crippen LogP contribution in [0.15, 0.2) is 24.3 Å². The van der Waals surface area contributed by atoms with Crippen molar-refractivity contribution in [1.82, 2.24) is 5.32 Å². The minimum absolute atomic E-state index is 0.00438. The fourth-order valence-corrected chi connectivity index (χ4v) is 2.48. The molecule has 0 spiro atoms. The molecule has 0 saturated carbocycles. The lowest BCUT2D eigenvalue weighted by Crippen LogP contribution is -2.34. The molecule has 0 heterocycles. The van der Waals surface area contributed by atoms with Gasteiger partial charge >= 0.3 is 0 Å². The number of alkyl halides is 1. The Kier molecular flexibility index (Phi) is 5.12. The molecule has 1 rings (SSSR count). The predicted molar refractivity (Wildman–Crippen MR) is 70.9 cm³/mol. The van der Waals surface area contributed by atoms with E-state index in [1.807, 2.05) is 0 Å². The number of carbonyl (C=O) groups is 1. The summed E-state index contributed by atoms with van der Waals surface area (Å²) in [5.41, 5.74) is 0.104. The van der Waals surface area contributed by atoms with E-state index in [0.29, 0.717) is 6.54 Å². The van der Waals surface area contributed by atoms with Crippen LogP contribution >= 0.6 is 15.9 Å². The van der Waals surface area contributed by atoms with Crippen LogP contribution in [0.25, 0.3) is 0 Å². The van der Waals surface area contributed by atoms with Crippen molar-refractivity contribution in [2.75, 3.05) is 11.9 Å². The number of carbonyl (C=O) groups excluding carboxylic acids is 1. The molecule has 1 amide bonds. The molecule has 1 aromatic carbocycles. The Morgan fingerprint density at radius 1 is 1.41 bits per heavy atom. The zero-order valence-electron chi connectivity index (χ0n) is 10.1. The molecule has 0 aliphatic carbocycles. The molecule has 2 nitrogen and oxygen atoms in total. The maximum atomic E-state index is 13.3. The van der Waals surface area contributed by atoms with Gasteiger partial charge in [-0.25, -0.2) is 4.39 Å². The standard InChI is InChI=1S/C13H17BrFNO/c1-13(2,7-8-14)9-16-12(17)10-5-3-4-6-11(10)15/h3-6H,7-9H2,1-2H3,(H,16,17). The van der Waals surface area contributed by atoms with E-state index in [1.54, 1.807) is 12.1 Å². The van der Waals surface area contributed by atoms with Gasteiger partial charge in [0.1, 0.15) is 5.82 Å². The Bertz CT molecular complexity index is 393. The van der Waals surface area contributed by atoms with Gasteiger partial charge in [-0.2, -0.15) is 0 Å². The summed E-state index contributed by atoms with van der Waals surface area (Å²) in [6.07, 6.45) is 0.949. The van der Waals surface area contributed by atoms with Crippen molar-refractivity contribution in [3.63, 3.8) is 0 Å². The van der Waals surface area contributed by atoms with E-state index in [4.69, 9.17) is 0 Å². The van der Waals surface area contributed by atoms with Gasteiger partial charge in [-0.1, -0.05) is 41.9 Å². The lowest BCUT2D eigenvalue weighted by molar-refractivity contribution is 0.0932. The van der Waals surface area contributed by atoms with Gasteiger partial charge in [-0.3, -0.25) is 4.79 Å². The summed E-state index contributed by atoms with van der Waals surface area (Å²) in [5.74, 6) is -0.839. The summed E-state index contributed by atoms with van der Waals surface area (Å²) >= 11 is 3.38. The van der Waals surface area contributed by atoms with Crippen LogP contribution in [-0.4, -0.2) is 17.8 Å². The average Bonchev–Trinajstić information content (AvgIpc) is 2.27. The molecule has 0 aliphatic rings. The second kappa shape index (κ2) is 6.15. The number of nitrogens with one attached hydrogen (secondary N) is 1. The molecule has 0 fully saturated rings. The first-order valence-electron chi connectivity index (χ1n) is 5.55. The van der Waals surface area contributed by atoms with Crippen LogP contribution in [0.5, 0.6) is 0 Å². The molecule has 0 unspecified atom stereocenters. The van der Waals surface area contributed by atoms with Crippen LogP contribution in [-0.2, 0) is 0 Å². The number of hydrogen-bond acceptors (Lipinski definition) is 1. The van der Waals surface area contributed by atoms with Gasteiger partial charge in [0.15, 0.2) is 0 Å². The Hall–Kier alpha value is -0.900. The van der Waals surface area contributed by atoms with Crippen molar-refractivity contribution in [3.05, 3.63) is 35.6 Å². The molecular weight excluding hydrogens is 285 g/mol. The van der Waals surface area contributed by atoms with Crippen molar-refractivity contribution < 1.29 is 9.18 Å². The van der Waals surface area contributed by atoms with Gasteiger partial charge in [0.25, 0.3) is 5.91 Å². The van der Waals surface area contributed by atoms with Crippen molar-refractivity contribution in [2.45, 2.75) is 20.3 Å². The van der Waals surface area contributed by atoms with E-state index in [-0.39, 0.29) is 16.9 Å². The number of amides is 1. The number of rotatable bonds is 5. The Morgan fingerprint density at radius 2 is 2.06 bits per heavy atom. The molecule has 0 saturated heterocycles. The van der Waals surface area contributed by atoms with Crippen LogP contribution in [0.3, 0.4) is 0 Å². The van der Waals surface area contributed by atoms with E-state index in [1.165, 1.54) is 12.1 Å². The largest absolute Gasteiger partial charge is 0.351 e. The van der Waals surface area contributed by atoms with Gasteiger partial charge < -0.3 is 5.32 Å². The summed E-state index contributed by atoms with van der Waals surface area (Å²) in [4.78, 5) is 11.8. The summed E-state index contributed by atoms with van der Waals surface area (Å²) in [7, 11) is 0. The van der Waals surface area contributed by atoms with E-state index >= 15 is 0 Å². The fraction of sp³-hybridized carbons (Fsp3) is 0.462. The van der Waals surface area contributed by atoms with Crippen LogP contribution in [0, 0.1) is 11.2 Å². The molecular formula is C13H17BrFNO. The molecule has 0 bridgehead atoms. The lowest BCUT2D eigenvalue weighted by Gasteiger charge is -2.23. The average molecular weight is 302 g/mol. The first-order valence-corrected chi connectivity index (χ1v) is 6.67. The smallest absolute Gasteiger partial charge is 0.254 e. The number of benzene rings is 1. The molecule has 0 atom stereocenters. The van der Waals surface area contributed by atoms with Crippen molar-refractivity contribution in [3.8, 4) is 0 Å². The third-order valence-corrected chi connectivity index (χ3v) is 3.01. The molecule has 94 valence electrons. The topological polar surface area (TPSA) is 29.1 Å². The van der Waals surface area contributed by atoms with Crippen LogP contribution < -0.4 is 5.32 Å². The molecule has 17 heavy (non-hydrogen) atoms. The molecule has 1 aromatic rings. The van der Waals surface area contributed by atoms with Gasteiger partial charge in [-0.05, 0) is 24.0 Å². The van der Waals surface area contributed by atoms with Crippen molar-refractivity contribution in [2.24, 2.45) is 5.41 Å². The minimum Gasteiger partial charge on any atom is -0.351 e. The van der Waals surface area contributed by atoms with E-state index in [0.717, 1.165) is 11.8 Å². The summed E-state index contributed by atoms with van der Waals surface area (Å²) in [5, 5.41) is 3.65. The second-order valence-electron chi connectivity index (χ2n) is 4.77. The van der Waals surface area contributed by atoms with Crippen molar-refractivity contribution in [1.29, 1.82) is 0 Å². The number of halogens is 2. The monoisotopic (exact) mass is 301 g/mol. The van der Waals surface area contributed by atoms with Crippen LogP contribution in [0.4, 0.5) is 4.39 Å². The Morgan fingerprint density at radius 3 is 2.65 bits per heavy atom. The van der Waals surface area contributed by atoms with Crippen LogP contribution in [0.2, 0.25) is 0 Å². The summed E-state index contributed by atoms with van der Waals surface area (Å²) in [6.45, 7) is 4.66. The summed E-state index contributed by atoms with van der Waals surface area (Å²) in [6, 6.07) is 6.00. The lowest BCUT2D eigenvalue weighted by atomic mass is 9.90. The maximum Gasteiger partial charge on any atom is 0.254 e. The molecule has 0 radical (unpaired) electrons. The molecule has 1 N–H and O–H groups in total. The third-order valence-electron chi connectivity index (χ3n) is 2.62. The van der Waals surface area contributed by atoms with Gasteiger partial charge in [0.05, 0.1) is 5.56 Å². The highest BCUT2D eigenvalue weighted by Gasteiger charge is 2.19. The first kappa shape index (κ1) is 14.2. The second-order valence-corrected chi connectivity index (χ2v) is 5.56. The fourth-order valence-electron chi connectivity index (χ4n) is 1.40. The highest BCUT2D eigenvalue weighted by Crippen LogP contribution is 2.20. The highest BCUT2D eigenvalue weighted by atomic mass is 79.9. The summed E-state index contributed by atoms with van der Waals surface area (Å²) < 4.78 is 13.3. The zero-order chi connectivity index (χ0) is 12.9. The van der Waals surface area contributed by atoms with Crippen LogP contribution in [0.1, 0.15) is 30.6 Å². The van der Waals surface area contributed by atoms with Gasteiger partial charge in [-0.15, -0.1) is 0 Å². The Balaban J connectivity index is 2.59. The number of hydrogen-bond donors (Lipinski definition) is 1. The Labute approximate surface area is 110 Å². The van der Waals surface area contributed by atoms with E-state index in [2.05, 4.69) is 35.1 Å². The maximum absolute atomic E-state index is 13.3. The molecule has 0 aromatic heterocycles. The van der Waals surface area contributed by atoms with Gasteiger partial charge in [0, 0.05) is 11.9 Å². The predicted octanol–water partition coefficient (Wildman–Crippen LogP) is 3.37. The normalized spacial score (nSPS) is 11.3. The first-order chi connectivity index (χ1) is 7.96. The molecule has 4 heteroatoms.